The highest BCUT2D eigenvalue weighted by Crippen LogP contribution is 2.19. The van der Waals surface area contributed by atoms with E-state index in [4.69, 9.17) is 0 Å². The van der Waals surface area contributed by atoms with Gasteiger partial charge >= 0.3 is 6.09 Å². The van der Waals surface area contributed by atoms with E-state index < -0.39 is 0 Å². The number of nitrogens with zero attached hydrogens (tertiary/aromatic N) is 1. The number of carbonyl (C=O) groups is 1. The van der Waals surface area contributed by atoms with Gasteiger partial charge in [-0.25, -0.2) is 4.79 Å². The Balaban J connectivity index is 2.40. The lowest BCUT2D eigenvalue weighted by atomic mass is 9.96. The number of carbonyl (C=O) groups excluding carboxylic acids is 1. The summed E-state index contributed by atoms with van der Waals surface area (Å²) in [7, 11) is 1.44. The van der Waals surface area contributed by atoms with Crippen molar-refractivity contribution in [3.63, 3.8) is 0 Å². The van der Waals surface area contributed by atoms with Crippen LogP contribution in [0.25, 0.3) is 0 Å². The van der Waals surface area contributed by atoms with E-state index in [1.807, 2.05) is 0 Å². The van der Waals surface area contributed by atoms with Gasteiger partial charge in [0.2, 0.25) is 0 Å². The Kier molecular flexibility index (Phi) is 3.38. The van der Waals surface area contributed by atoms with Crippen LogP contribution in [-0.4, -0.2) is 31.2 Å². The Labute approximate surface area is 73.7 Å². The summed E-state index contributed by atoms with van der Waals surface area (Å²) in [5, 5.41) is 0. The minimum absolute atomic E-state index is 0.173. The van der Waals surface area contributed by atoms with Crippen molar-refractivity contribution in [2.45, 2.75) is 26.2 Å². The molecule has 1 rings (SSSR count). The molecule has 1 aliphatic rings. The quantitative estimate of drug-likeness (QED) is 0.602. The Morgan fingerprint density at radius 3 is 3.00 bits per heavy atom. The molecule has 0 unspecified atom stereocenters. The van der Waals surface area contributed by atoms with E-state index in [9.17, 15) is 4.79 Å². The summed E-state index contributed by atoms with van der Waals surface area (Å²) in [6.45, 7) is 3.91. The van der Waals surface area contributed by atoms with Crippen molar-refractivity contribution in [3.8, 4) is 0 Å². The van der Waals surface area contributed by atoms with E-state index in [1.54, 1.807) is 4.90 Å². The van der Waals surface area contributed by atoms with Crippen molar-refractivity contribution in [1.29, 1.82) is 0 Å². The van der Waals surface area contributed by atoms with Gasteiger partial charge in [-0.1, -0.05) is 13.3 Å². The second-order valence-electron chi connectivity index (χ2n) is 3.33. The van der Waals surface area contributed by atoms with Gasteiger partial charge in [0.05, 0.1) is 7.11 Å². The molecule has 1 saturated heterocycles. The fraction of sp³-hybridized carbons (Fsp3) is 0.889. The molecule has 0 aliphatic carbocycles. The zero-order valence-electron chi connectivity index (χ0n) is 7.88. The van der Waals surface area contributed by atoms with Gasteiger partial charge in [-0.2, -0.15) is 0 Å². The predicted molar refractivity (Wildman–Crippen MR) is 47.0 cm³/mol. The maximum Gasteiger partial charge on any atom is 0.409 e. The van der Waals surface area contributed by atoms with Gasteiger partial charge in [0, 0.05) is 13.1 Å². The molecule has 0 aromatic carbocycles. The molecular formula is C9H17NO2. The second-order valence-corrected chi connectivity index (χ2v) is 3.33. The molecule has 0 radical (unpaired) electrons. The molecule has 1 atom stereocenters. The largest absolute Gasteiger partial charge is 0.453 e. The first-order valence-corrected chi connectivity index (χ1v) is 4.60. The summed E-state index contributed by atoms with van der Waals surface area (Å²) >= 11 is 0. The number of rotatable bonds is 1. The number of methoxy groups -OCH3 is 1. The van der Waals surface area contributed by atoms with Crippen LogP contribution in [-0.2, 0) is 4.74 Å². The lowest BCUT2D eigenvalue weighted by Crippen LogP contribution is -2.39. The Morgan fingerprint density at radius 1 is 1.67 bits per heavy atom. The first-order chi connectivity index (χ1) is 5.77. The van der Waals surface area contributed by atoms with Crippen LogP contribution in [0.4, 0.5) is 4.79 Å². The topological polar surface area (TPSA) is 29.5 Å². The number of hydrogen-bond donors (Lipinski definition) is 0. The molecule has 1 heterocycles. The molecular weight excluding hydrogens is 154 g/mol. The summed E-state index contributed by atoms with van der Waals surface area (Å²) in [6, 6.07) is 0. The van der Waals surface area contributed by atoms with E-state index in [2.05, 4.69) is 11.7 Å². The van der Waals surface area contributed by atoms with Gasteiger partial charge in [0.15, 0.2) is 0 Å². The van der Waals surface area contributed by atoms with Crippen LogP contribution >= 0.6 is 0 Å². The number of piperidine rings is 1. The zero-order chi connectivity index (χ0) is 8.97. The maximum absolute atomic E-state index is 11.1. The van der Waals surface area contributed by atoms with Gasteiger partial charge in [0.25, 0.3) is 0 Å². The molecule has 0 N–H and O–H groups in total. The molecule has 12 heavy (non-hydrogen) atoms. The summed E-state index contributed by atoms with van der Waals surface area (Å²) in [6.07, 6.45) is 3.36. The number of hydrogen-bond acceptors (Lipinski definition) is 2. The Hall–Kier alpha value is -0.730. The number of ether oxygens (including phenoxy) is 1. The Bertz CT molecular complexity index is 159. The molecule has 0 spiro atoms. The fourth-order valence-corrected chi connectivity index (χ4v) is 1.69. The van der Waals surface area contributed by atoms with E-state index in [1.165, 1.54) is 13.5 Å². The smallest absolute Gasteiger partial charge is 0.409 e. The van der Waals surface area contributed by atoms with Crippen molar-refractivity contribution < 1.29 is 9.53 Å². The molecule has 1 aliphatic heterocycles. The lowest BCUT2D eigenvalue weighted by molar-refractivity contribution is 0.101. The van der Waals surface area contributed by atoms with Crippen LogP contribution in [0.15, 0.2) is 0 Å². The maximum atomic E-state index is 11.1. The van der Waals surface area contributed by atoms with Gasteiger partial charge in [-0.05, 0) is 18.8 Å². The van der Waals surface area contributed by atoms with Crippen molar-refractivity contribution in [1.82, 2.24) is 4.90 Å². The predicted octanol–water partition coefficient (Wildman–Crippen LogP) is 1.87. The fourth-order valence-electron chi connectivity index (χ4n) is 1.69. The highest BCUT2D eigenvalue weighted by atomic mass is 16.5. The monoisotopic (exact) mass is 171 g/mol. The van der Waals surface area contributed by atoms with Crippen molar-refractivity contribution in [3.05, 3.63) is 0 Å². The second kappa shape index (κ2) is 4.33. The van der Waals surface area contributed by atoms with Gasteiger partial charge in [-0.15, -0.1) is 0 Å². The summed E-state index contributed by atoms with van der Waals surface area (Å²) in [5.74, 6) is 0.679. The standard InChI is InChI=1S/C9H17NO2/c1-3-8-5-4-6-10(7-8)9(11)12-2/h8H,3-7H2,1-2H3/t8-/m1/s1. The van der Waals surface area contributed by atoms with Crippen LogP contribution in [0.2, 0.25) is 0 Å². The summed E-state index contributed by atoms with van der Waals surface area (Å²) < 4.78 is 4.67. The summed E-state index contributed by atoms with van der Waals surface area (Å²) in [4.78, 5) is 12.9. The minimum atomic E-state index is -0.173. The summed E-state index contributed by atoms with van der Waals surface area (Å²) in [5.41, 5.74) is 0. The average Bonchev–Trinajstić information content (AvgIpc) is 2.17. The van der Waals surface area contributed by atoms with Gasteiger partial charge in [0.1, 0.15) is 0 Å². The molecule has 1 fully saturated rings. The lowest BCUT2D eigenvalue weighted by Gasteiger charge is -2.30. The number of amides is 1. The SMILES string of the molecule is CC[C@@H]1CCCN(C(=O)OC)C1. The van der Waals surface area contributed by atoms with E-state index >= 15 is 0 Å². The van der Waals surface area contributed by atoms with Crippen molar-refractivity contribution >= 4 is 6.09 Å². The molecule has 0 aromatic rings. The van der Waals surface area contributed by atoms with Crippen molar-refractivity contribution in [2.24, 2.45) is 5.92 Å². The first kappa shape index (κ1) is 9.36. The molecule has 3 heteroatoms. The molecule has 3 nitrogen and oxygen atoms in total. The zero-order valence-corrected chi connectivity index (χ0v) is 7.88. The highest BCUT2D eigenvalue weighted by molar-refractivity contribution is 5.67. The molecule has 0 aromatic heterocycles. The number of likely N-dealkylation sites (tertiary alicyclic amines) is 1. The van der Waals surface area contributed by atoms with Gasteiger partial charge < -0.3 is 9.64 Å². The third kappa shape index (κ3) is 2.13. The Morgan fingerprint density at radius 2 is 2.42 bits per heavy atom. The van der Waals surface area contributed by atoms with Crippen LogP contribution in [0.5, 0.6) is 0 Å². The molecule has 1 amide bonds. The van der Waals surface area contributed by atoms with E-state index in [0.29, 0.717) is 5.92 Å². The van der Waals surface area contributed by atoms with Crippen LogP contribution < -0.4 is 0 Å². The van der Waals surface area contributed by atoms with Gasteiger partial charge in [-0.3, -0.25) is 0 Å². The van der Waals surface area contributed by atoms with Crippen molar-refractivity contribution in [2.75, 3.05) is 20.2 Å². The van der Waals surface area contributed by atoms with Crippen LogP contribution in [0.3, 0.4) is 0 Å². The van der Waals surface area contributed by atoms with E-state index in [0.717, 1.165) is 25.9 Å². The normalized spacial score (nSPS) is 23.8. The third-order valence-electron chi connectivity index (χ3n) is 2.53. The van der Waals surface area contributed by atoms with E-state index in [-0.39, 0.29) is 6.09 Å². The average molecular weight is 171 g/mol. The molecule has 70 valence electrons. The highest BCUT2D eigenvalue weighted by Gasteiger charge is 2.22. The first-order valence-electron chi connectivity index (χ1n) is 4.60. The van der Waals surface area contributed by atoms with Crippen LogP contribution in [0, 0.1) is 5.92 Å². The third-order valence-corrected chi connectivity index (χ3v) is 2.53. The molecule has 0 bridgehead atoms. The minimum Gasteiger partial charge on any atom is -0.453 e. The van der Waals surface area contributed by atoms with Crippen LogP contribution in [0.1, 0.15) is 26.2 Å². The molecule has 0 saturated carbocycles.